The van der Waals surface area contributed by atoms with Crippen molar-refractivity contribution in [1.29, 1.82) is 0 Å². The molecule has 0 radical (unpaired) electrons. The number of amides is 1. The van der Waals surface area contributed by atoms with Gasteiger partial charge >= 0.3 is 6.09 Å². The zero-order valence-corrected chi connectivity index (χ0v) is 22.4. The zero-order chi connectivity index (χ0) is 24.9. The smallest absolute Gasteiger partial charge is 0.410 e. The van der Waals surface area contributed by atoms with Crippen LogP contribution >= 0.6 is 15.9 Å². The SMILES string of the molecule is C/C(=C\c1cc(OC2CCN(C(=O)OC(C)(C)C)CC2)c(Br)cc1C)C(O)/C(N)=C/N(C)C. The van der Waals surface area contributed by atoms with Crippen LogP contribution in [-0.2, 0) is 4.74 Å². The molecule has 1 amide bonds. The Kier molecular flexibility index (Phi) is 9.26. The number of carbonyl (C=O) groups excluding carboxylic acids is 1. The number of piperidine rings is 1. The van der Waals surface area contributed by atoms with Gasteiger partial charge in [0, 0.05) is 46.2 Å². The lowest BCUT2D eigenvalue weighted by Gasteiger charge is -2.33. The van der Waals surface area contributed by atoms with Gasteiger partial charge in [0.2, 0.25) is 0 Å². The highest BCUT2D eigenvalue weighted by Gasteiger charge is 2.28. The summed E-state index contributed by atoms with van der Waals surface area (Å²) in [5, 5.41) is 10.5. The van der Waals surface area contributed by atoms with Crippen LogP contribution in [0.25, 0.3) is 6.08 Å². The first-order valence-corrected chi connectivity index (χ1v) is 12.0. The maximum absolute atomic E-state index is 12.3. The lowest BCUT2D eigenvalue weighted by molar-refractivity contribution is 0.0126. The number of nitrogens with two attached hydrogens (primary N) is 1. The van der Waals surface area contributed by atoms with E-state index in [9.17, 15) is 9.90 Å². The van der Waals surface area contributed by atoms with Gasteiger partial charge in [-0.1, -0.05) is 6.08 Å². The van der Waals surface area contributed by atoms with Crippen molar-refractivity contribution < 1.29 is 19.4 Å². The molecule has 1 aliphatic heterocycles. The van der Waals surface area contributed by atoms with Gasteiger partial charge in [0.1, 0.15) is 23.6 Å². The van der Waals surface area contributed by atoms with Crippen LogP contribution in [0.2, 0.25) is 0 Å². The minimum atomic E-state index is -0.864. The van der Waals surface area contributed by atoms with Crippen LogP contribution in [0.4, 0.5) is 4.79 Å². The van der Waals surface area contributed by atoms with Gasteiger partial charge in [0.05, 0.1) is 10.2 Å². The molecule has 1 heterocycles. The average molecular weight is 525 g/mol. The third-order valence-electron chi connectivity index (χ3n) is 5.25. The molecule has 2 rings (SSSR count). The number of likely N-dealkylation sites (tertiary alicyclic amines) is 1. The van der Waals surface area contributed by atoms with Gasteiger partial charge in [-0.2, -0.15) is 0 Å². The normalized spacial score (nSPS) is 17.1. The fourth-order valence-electron chi connectivity index (χ4n) is 3.53. The van der Waals surface area contributed by atoms with Gasteiger partial charge in [-0.25, -0.2) is 4.79 Å². The van der Waals surface area contributed by atoms with Crippen LogP contribution < -0.4 is 10.5 Å². The first kappa shape index (κ1) is 27.1. The Morgan fingerprint density at radius 1 is 1.30 bits per heavy atom. The molecular formula is C25H38BrN3O4. The number of aliphatic hydroxyl groups is 1. The molecule has 0 aliphatic carbocycles. The Hall–Kier alpha value is -2.19. The summed E-state index contributed by atoms with van der Waals surface area (Å²) in [4.78, 5) is 15.8. The number of aliphatic hydroxyl groups excluding tert-OH is 1. The average Bonchev–Trinajstić information content (AvgIpc) is 2.69. The van der Waals surface area contributed by atoms with Gasteiger partial charge in [0.25, 0.3) is 0 Å². The fraction of sp³-hybridized carbons (Fsp3) is 0.560. The number of carbonyl (C=O) groups is 1. The number of benzene rings is 1. The molecule has 1 aromatic carbocycles. The summed E-state index contributed by atoms with van der Waals surface area (Å²) in [5.41, 5.74) is 8.65. The summed E-state index contributed by atoms with van der Waals surface area (Å²) in [6, 6.07) is 3.98. The van der Waals surface area contributed by atoms with Gasteiger partial charge in [-0.15, -0.1) is 0 Å². The molecule has 8 heteroatoms. The lowest BCUT2D eigenvalue weighted by Crippen LogP contribution is -2.44. The lowest BCUT2D eigenvalue weighted by atomic mass is 10.0. The van der Waals surface area contributed by atoms with Crippen molar-refractivity contribution in [2.75, 3.05) is 27.2 Å². The summed E-state index contributed by atoms with van der Waals surface area (Å²) in [6.07, 6.45) is 3.96. The summed E-state index contributed by atoms with van der Waals surface area (Å²) in [7, 11) is 3.72. The molecule has 1 fully saturated rings. The molecule has 0 aromatic heterocycles. The molecule has 1 unspecified atom stereocenters. The Balaban J connectivity index is 2.09. The predicted octanol–water partition coefficient (Wildman–Crippen LogP) is 4.66. The van der Waals surface area contributed by atoms with Gasteiger partial charge in [0.15, 0.2) is 0 Å². The van der Waals surface area contributed by atoms with E-state index in [1.165, 1.54) is 0 Å². The van der Waals surface area contributed by atoms with E-state index in [0.717, 1.165) is 39.8 Å². The van der Waals surface area contributed by atoms with Crippen molar-refractivity contribution in [2.24, 2.45) is 5.73 Å². The number of aryl methyl sites for hydroxylation is 1. The third kappa shape index (κ3) is 8.27. The molecule has 1 aliphatic rings. The Bertz CT molecular complexity index is 898. The van der Waals surface area contributed by atoms with Crippen molar-refractivity contribution in [3.8, 4) is 5.75 Å². The van der Waals surface area contributed by atoms with Crippen molar-refractivity contribution in [1.82, 2.24) is 9.80 Å². The molecule has 0 saturated carbocycles. The minimum absolute atomic E-state index is 0.00452. The maximum atomic E-state index is 12.3. The van der Waals surface area contributed by atoms with Gasteiger partial charge in [-0.3, -0.25) is 0 Å². The van der Waals surface area contributed by atoms with Crippen LogP contribution in [0.15, 0.2) is 34.1 Å². The van der Waals surface area contributed by atoms with E-state index in [2.05, 4.69) is 15.9 Å². The molecule has 33 heavy (non-hydrogen) atoms. The van der Waals surface area contributed by atoms with Crippen LogP contribution in [0.1, 0.15) is 51.7 Å². The number of hydrogen-bond donors (Lipinski definition) is 2. The topological polar surface area (TPSA) is 88.3 Å². The van der Waals surface area contributed by atoms with Gasteiger partial charge in [-0.05, 0) is 79.4 Å². The van der Waals surface area contributed by atoms with Crippen LogP contribution in [0.5, 0.6) is 5.75 Å². The van der Waals surface area contributed by atoms with E-state index < -0.39 is 11.7 Å². The van der Waals surface area contributed by atoms with Crippen molar-refractivity contribution in [3.05, 3.63) is 45.2 Å². The Morgan fingerprint density at radius 2 is 1.91 bits per heavy atom. The monoisotopic (exact) mass is 523 g/mol. The minimum Gasteiger partial charge on any atom is -0.489 e. The molecule has 184 valence electrons. The van der Waals surface area contributed by atoms with E-state index >= 15 is 0 Å². The van der Waals surface area contributed by atoms with E-state index in [1.54, 1.807) is 16.0 Å². The van der Waals surface area contributed by atoms with Crippen LogP contribution in [0, 0.1) is 6.92 Å². The second kappa shape index (κ2) is 11.3. The molecule has 0 spiro atoms. The number of halogens is 1. The number of ether oxygens (including phenoxy) is 2. The van der Waals surface area contributed by atoms with Crippen LogP contribution in [0.3, 0.4) is 0 Å². The summed E-state index contributed by atoms with van der Waals surface area (Å²) in [5.74, 6) is 0.738. The third-order valence-corrected chi connectivity index (χ3v) is 5.87. The first-order chi connectivity index (χ1) is 15.3. The van der Waals surface area contributed by atoms with E-state index in [4.69, 9.17) is 15.2 Å². The van der Waals surface area contributed by atoms with Crippen LogP contribution in [-0.4, -0.2) is 66.0 Å². The quantitative estimate of drug-likeness (QED) is 0.563. The molecule has 0 bridgehead atoms. The highest BCUT2D eigenvalue weighted by molar-refractivity contribution is 9.10. The summed E-state index contributed by atoms with van der Waals surface area (Å²) < 4.78 is 12.6. The standard InChI is InChI=1S/C25H38BrN3O4/c1-16-13-20(26)22(14-18(16)12-17(2)23(30)21(27)15-28(6)7)32-19-8-10-29(11-9-19)24(31)33-25(3,4)5/h12-15,19,23,30H,8-11,27H2,1-7H3/b17-12+,21-15-. The van der Waals surface area contributed by atoms with Crippen molar-refractivity contribution in [3.63, 3.8) is 0 Å². The Labute approximate surface area is 206 Å². The highest BCUT2D eigenvalue weighted by atomic mass is 79.9. The maximum Gasteiger partial charge on any atom is 0.410 e. The molecule has 7 nitrogen and oxygen atoms in total. The van der Waals surface area contributed by atoms with Gasteiger partial charge < -0.3 is 30.1 Å². The molecule has 1 saturated heterocycles. The predicted molar refractivity (Wildman–Crippen MR) is 136 cm³/mol. The largest absolute Gasteiger partial charge is 0.489 e. The van der Waals surface area contributed by atoms with Crippen molar-refractivity contribution in [2.45, 2.75) is 65.3 Å². The van der Waals surface area contributed by atoms with Crippen molar-refractivity contribution >= 4 is 28.1 Å². The zero-order valence-electron chi connectivity index (χ0n) is 20.8. The molecular weight excluding hydrogens is 486 g/mol. The Morgan fingerprint density at radius 3 is 2.45 bits per heavy atom. The molecule has 1 aromatic rings. The first-order valence-electron chi connectivity index (χ1n) is 11.2. The van der Waals surface area contributed by atoms with E-state index in [0.29, 0.717) is 18.8 Å². The summed E-state index contributed by atoms with van der Waals surface area (Å²) >= 11 is 3.61. The fourth-order valence-corrected chi connectivity index (χ4v) is 4.08. The second-order valence-corrected chi connectivity index (χ2v) is 10.7. The number of rotatable bonds is 6. The van der Waals surface area contributed by atoms with E-state index in [1.807, 2.05) is 66.9 Å². The number of nitrogens with zero attached hydrogens (tertiary/aromatic N) is 2. The molecule has 3 N–H and O–H groups in total. The van der Waals surface area contributed by atoms with E-state index in [-0.39, 0.29) is 12.2 Å². The molecule has 1 atom stereocenters. The summed E-state index contributed by atoms with van der Waals surface area (Å²) in [6.45, 7) is 10.7. The number of hydrogen-bond acceptors (Lipinski definition) is 6. The highest BCUT2D eigenvalue weighted by Crippen LogP contribution is 2.32. The second-order valence-electron chi connectivity index (χ2n) is 9.81.